The molecule has 1 rings (SSSR count). The van der Waals surface area contributed by atoms with E-state index >= 15 is 0 Å². The molecular weight excluding hydrogens is 171 g/mol. The van der Waals surface area contributed by atoms with Crippen molar-refractivity contribution in [1.29, 1.82) is 5.26 Å². The van der Waals surface area contributed by atoms with Crippen molar-refractivity contribution < 1.29 is 9.18 Å². The molecule has 0 radical (unpaired) electrons. The summed E-state index contributed by atoms with van der Waals surface area (Å²) in [7, 11) is 0. The molecule has 0 bridgehead atoms. The summed E-state index contributed by atoms with van der Waals surface area (Å²) in [6, 6.07) is 5.68. The Morgan fingerprint density at radius 3 is 2.69 bits per heavy atom. The lowest BCUT2D eigenvalue weighted by atomic mass is 10.1. The number of Topliss-reactive ketones (excluding diaryl/α,β-unsaturated/α-hetero) is 1. The third kappa shape index (κ3) is 1.89. The van der Waals surface area contributed by atoms with Crippen LogP contribution in [-0.4, -0.2) is 11.8 Å². The first-order valence-corrected chi connectivity index (χ1v) is 3.60. The highest BCUT2D eigenvalue weighted by Gasteiger charge is 2.17. The zero-order chi connectivity index (χ0) is 9.84. The number of benzene rings is 1. The number of ketones is 1. The second-order valence-electron chi connectivity index (χ2n) is 2.45. The van der Waals surface area contributed by atoms with Gasteiger partial charge in [0.2, 0.25) is 0 Å². The van der Waals surface area contributed by atoms with Gasteiger partial charge in [-0.25, -0.2) is 4.39 Å². The molecule has 0 heterocycles. The summed E-state index contributed by atoms with van der Waals surface area (Å²) in [5.74, 6) is -1.35. The molecule has 0 saturated carbocycles. The Kier molecular flexibility index (Phi) is 2.72. The molecule has 1 aromatic carbocycles. The van der Waals surface area contributed by atoms with E-state index < -0.39 is 17.6 Å². The molecule has 0 fully saturated rings. The Morgan fingerprint density at radius 1 is 1.54 bits per heavy atom. The number of hydrogen-bond donors (Lipinski definition) is 1. The van der Waals surface area contributed by atoms with Crippen molar-refractivity contribution in [1.82, 2.24) is 0 Å². The standard InChI is InChI=1S/C9H7FN2O/c10-7-4-2-1-3-6(7)9(13)8(12)5-11/h1-4,8H,12H2. The number of carbonyl (C=O) groups is 1. The molecule has 0 aromatic heterocycles. The van der Waals surface area contributed by atoms with Crippen LogP contribution in [0.5, 0.6) is 0 Å². The Balaban J connectivity index is 3.04. The summed E-state index contributed by atoms with van der Waals surface area (Å²) < 4.78 is 13.0. The summed E-state index contributed by atoms with van der Waals surface area (Å²) in [5, 5.41) is 8.34. The molecular formula is C9H7FN2O. The van der Waals surface area contributed by atoms with E-state index in [0.29, 0.717) is 0 Å². The molecule has 0 amide bonds. The van der Waals surface area contributed by atoms with Crippen LogP contribution in [0.15, 0.2) is 24.3 Å². The molecule has 0 saturated heterocycles. The van der Waals surface area contributed by atoms with Crippen LogP contribution in [0, 0.1) is 17.1 Å². The van der Waals surface area contributed by atoms with E-state index in [0.717, 1.165) is 6.07 Å². The van der Waals surface area contributed by atoms with E-state index in [1.165, 1.54) is 18.2 Å². The van der Waals surface area contributed by atoms with E-state index in [9.17, 15) is 9.18 Å². The van der Waals surface area contributed by atoms with Gasteiger partial charge in [0.15, 0.2) is 11.8 Å². The maximum atomic E-state index is 13.0. The van der Waals surface area contributed by atoms with Gasteiger partial charge in [-0.3, -0.25) is 4.79 Å². The molecule has 1 atom stereocenters. The fourth-order valence-electron chi connectivity index (χ4n) is 0.887. The van der Waals surface area contributed by atoms with Crippen molar-refractivity contribution in [3.8, 4) is 6.07 Å². The lowest BCUT2D eigenvalue weighted by molar-refractivity contribution is 0.0976. The van der Waals surface area contributed by atoms with Crippen molar-refractivity contribution in [2.45, 2.75) is 6.04 Å². The number of nitrogens with two attached hydrogens (primary N) is 1. The Hall–Kier alpha value is -1.73. The van der Waals surface area contributed by atoms with Crippen LogP contribution < -0.4 is 5.73 Å². The minimum atomic E-state index is -1.29. The molecule has 13 heavy (non-hydrogen) atoms. The summed E-state index contributed by atoms with van der Waals surface area (Å²) in [4.78, 5) is 11.2. The predicted molar refractivity (Wildman–Crippen MR) is 44.3 cm³/mol. The van der Waals surface area contributed by atoms with Gasteiger partial charge in [0.05, 0.1) is 11.6 Å². The predicted octanol–water partition coefficient (Wildman–Crippen LogP) is 0.859. The van der Waals surface area contributed by atoms with Crippen LogP contribution in [-0.2, 0) is 0 Å². The molecule has 0 aliphatic rings. The van der Waals surface area contributed by atoms with Gasteiger partial charge in [0.25, 0.3) is 0 Å². The van der Waals surface area contributed by atoms with Gasteiger partial charge in [-0.2, -0.15) is 5.26 Å². The van der Waals surface area contributed by atoms with Gasteiger partial charge in [0.1, 0.15) is 5.82 Å². The van der Waals surface area contributed by atoms with Gasteiger partial charge < -0.3 is 5.73 Å². The Morgan fingerprint density at radius 2 is 2.15 bits per heavy atom. The fourth-order valence-corrected chi connectivity index (χ4v) is 0.887. The maximum Gasteiger partial charge on any atom is 0.196 e. The van der Waals surface area contributed by atoms with E-state index in [-0.39, 0.29) is 5.56 Å². The first kappa shape index (κ1) is 9.36. The lowest BCUT2D eigenvalue weighted by Gasteiger charge is -2.02. The minimum Gasteiger partial charge on any atom is -0.309 e. The zero-order valence-electron chi connectivity index (χ0n) is 6.70. The van der Waals surface area contributed by atoms with Gasteiger partial charge in [-0.1, -0.05) is 12.1 Å². The largest absolute Gasteiger partial charge is 0.309 e. The number of hydrogen-bond acceptors (Lipinski definition) is 3. The van der Waals surface area contributed by atoms with Crippen LogP contribution in [0.25, 0.3) is 0 Å². The van der Waals surface area contributed by atoms with E-state index in [2.05, 4.69) is 0 Å². The fraction of sp³-hybridized carbons (Fsp3) is 0.111. The molecule has 1 aromatic rings. The SMILES string of the molecule is N#CC(N)C(=O)c1ccccc1F. The minimum absolute atomic E-state index is 0.142. The smallest absolute Gasteiger partial charge is 0.196 e. The number of nitrogens with zero attached hydrogens (tertiary/aromatic N) is 1. The Bertz CT molecular complexity index is 370. The number of rotatable bonds is 2. The molecule has 0 aliphatic heterocycles. The topological polar surface area (TPSA) is 66.9 Å². The highest BCUT2D eigenvalue weighted by molar-refractivity contribution is 6.01. The average molecular weight is 178 g/mol. The molecule has 4 heteroatoms. The van der Waals surface area contributed by atoms with Crippen LogP contribution in [0.4, 0.5) is 4.39 Å². The maximum absolute atomic E-state index is 13.0. The van der Waals surface area contributed by atoms with Crippen molar-refractivity contribution in [2.24, 2.45) is 5.73 Å². The number of nitriles is 1. The summed E-state index contributed by atoms with van der Waals surface area (Å²) in [6.45, 7) is 0. The first-order valence-electron chi connectivity index (χ1n) is 3.60. The van der Waals surface area contributed by atoms with Crippen molar-refractivity contribution in [2.75, 3.05) is 0 Å². The molecule has 0 spiro atoms. The van der Waals surface area contributed by atoms with E-state index in [1.807, 2.05) is 0 Å². The van der Waals surface area contributed by atoms with E-state index in [4.69, 9.17) is 11.0 Å². The highest BCUT2D eigenvalue weighted by atomic mass is 19.1. The van der Waals surface area contributed by atoms with Crippen molar-refractivity contribution >= 4 is 5.78 Å². The van der Waals surface area contributed by atoms with E-state index in [1.54, 1.807) is 6.07 Å². The average Bonchev–Trinajstić information content (AvgIpc) is 2.16. The summed E-state index contributed by atoms with van der Waals surface area (Å²) >= 11 is 0. The monoisotopic (exact) mass is 178 g/mol. The molecule has 2 N–H and O–H groups in total. The summed E-state index contributed by atoms with van der Waals surface area (Å²) in [6.07, 6.45) is 0. The van der Waals surface area contributed by atoms with Gasteiger partial charge >= 0.3 is 0 Å². The van der Waals surface area contributed by atoms with Gasteiger partial charge in [0, 0.05) is 0 Å². The molecule has 3 nitrogen and oxygen atoms in total. The van der Waals surface area contributed by atoms with Crippen LogP contribution >= 0.6 is 0 Å². The highest BCUT2D eigenvalue weighted by Crippen LogP contribution is 2.08. The van der Waals surface area contributed by atoms with Gasteiger partial charge in [-0.15, -0.1) is 0 Å². The molecule has 0 aliphatic carbocycles. The van der Waals surface area contributed by atoms with Crippen LogP contribution in [0.3, 0.4) is 0 Å². The lowest BCUT2D eigenvalue weighted by Crippen LogP contribution is -2.29. The zero-order valence-corrected chi connectivity index (χ0v) is 6.70. The van der Waals surface area contributed by atoms with Crippen LogP contribution in [0.2, 0.25) is 0 Å². The number of halogens is 1. The van der Waals surface area contributed by atoms with Crippen LogP contribution in [0.1, 0.15) is 10.4 Å². The second kappa shape index (κ2) is 3.78. The summed E-state index contributed by atoms with van der Waals surface area (Å²) in [5.41, 5.74) is 5.00. The molecule has 1 unspecified atom stereocenters. The number of carbonyl (C=O) groups excluding carboxylic acids is 1. The Labute approximate surface area is 74.6 Å². The first-order chi connectivity index (χ1) is 6.16. The second-order valence-corrected chi connectivity index (χ2v) is 2.45. The third-order valence-corrected chi connectivity index (χ3v) is 1.56. The quantitative estimate of drug-likeness (QED) is 0.683. The van der Waals surface area contributed by atoms with Crippen molar-refractivity contribution in [3.05, 3.63) is 35.6 Å². The molecule has 66 valence electrons. The van der Waals surface area contributed by atoms with Gasteiger partial charge in [-0.05, 0) is 12.1 Å². The van der Waals surface area contributed by atoms with Crippen molar-refractivity contribution in [3.63, 3.8) is 0 Å². The normalized spacial score (nSPS) is 11.8. The third-order valence-electron chi connectivity index (χ3n) is 1.56.